The van der Waals surface area contributed by atoms with E-state index >= 15 is 0 Å². The molecule has 1 aliphatic carbocycles. The minimum absolute atomic E-state index is 0.106. The Labute approximate surface area is 249 Å². The summed E-state index contributed by atoms with van der Waals surface area (Å²) in [5.74, 6) is 0.211. The van der Waals surface area contributed by atoms with Gasteiger partial charge in [0, 0.05) is 24.2 Å². The number of amides is 1. The Kier molecular flexibility index (Phi) is 10.3. The number of carbonyl (C=O) groups is 1. The quantitative estimate of drug-likeness (QED) is 0.331. The Bertz CT molecular complexity index is 1350. The van der Waals surface area contributed by atoms with Crippen molar-refractivity contribution in [1.29, 1.82) is 0 Å². The van der Waals surface area contributed by atoms with Crippen LogP contribution in [-0.2, 0) is 4.74 Å². The van der Waals surface area contributed by atoms with Crippen molar-refractivity contribution in [3.63, 3.8) is 0 Å². The van der Waals surface area contributed by atoms with Gasteiger partial charge >= 0.3 is 6.09 Å². The van der Waals surface area contributed by atoms with Crippen LogP contribution in [0.15, 0.2) is 24.5 Å². The van der Waals surface area contributed by atoms with Gasteiger partial charge in [-0.3, -0.25) is 4.68 Å². The lowest BCUT2D eigenvalue weighted by Crippen LogP contribution is -2.48. The molecule has 1 aromatic carbocycles. The van der Waals surface area contributed by atoms with E-state index in [1.807, 2.05) is 79.1 Å². The Morgan fingerprint density at radius 1 is 1.17 bits per heavy atom. The van der Waals surface area contributed by atoms with Crippen LogP contribution in [0, 0.1) is 6.92 Å². The summed E-state index contributed by atoms with van der Waals surface area (Å²) >= 11 is 6.70. The SMILES string of the molecule is CC.CC.Cc1c(N(C(=O)OC(C)(C)C)c2ncc3cc(Cl)c(N4CCC(C)(O)CC4C)cc3n2)cnn1C1CC1. The van der Waals surface area contributed by atoms with Crippen molar-refractivity contribution in [2.75, 3.05) is 16.3 Å². The summed E-state index contributed by atoms with van der Waals surface area (Å²) in [7, 11) is 0. The molecule has 2 aromatic heterocycles. The molecule has 0 spiro atoms. The van der Waals surface area contributed by atoms with Gasteiger partial charge in [-0.2, -0.15) is 5.10 Å². The zero-order valence-corrected chi connectivity index (χ0v) is 27.1. The van der Waals surface area contributed by atoms with Gasteiger partial charge in [-0.05, 0) is 79.4 Å². The highest BCUT2D eigenvalue weighted by atomic mass is 35.5. The number of anilines is 3. The number of nitrogens with zero attached hydrogens (tertiary/aromatic N) is 6. The van der Waals surface area contributed by atoms with Crippen molar-refractivity contribution in [2.24, 2.45) is 0 Å². The predicted molar refractivity (Wildman–Crippen MR) is 168 cm³/mol. The molecule has 9 nitrogen and oxygen atoms in total. The maximum Gasteiger partial charge on any atom is 0.422 e. The number of ether oxygens (including phenoxy) is 1. The molecule has 2 atom stereocenters. The topological polar surface area (TPSA) is 96.6 Å². The first kappa shape index (κ1) is 32.6. The Morgan fingerprint density at radius 3 is 2.41 bits per heavy atom. The standard InChI is InChI=1S/C27H35ClN6O3.2C2H6/c1-16-13-27(6,36)9-10-32(16)22-12-21-18(11-20(22)28)14-29-24(31-21)33(25(35)37-26(3,4)5)23-15-30-34(17(23)2)19-7-8-19;2*1-2/h11-12,14-16,19,36H,7-10,13H2,1-6H3;2*1-2H3. The van der Waals surface area contributed by atoms with Crippen LogP contribution >= 0.6 is 11.6 Å². The Hall–Kier alpha value is -2.91. The van der Waals surface area contributed by atoms with E-state index in [-0.39, 0.29) is 12.0 Å². The van der Waals surface area contributed by atoms with Gasteiger partial charge in [-0.25, -0.2) is 19.7 Å². The highest BCUT2D eigenvalue weighted by Gasteiger charge is 2.35. The third kappa shape index (κ3) is 7.49. The first-order valence-electron chi connectivity index (χ1n) is 14.9. The van der Waals surface area contributed by atoms with Crippen LogP contribution in [0.1, 0.15) is 99.7 Å². The van der Waals surface area contributed by atoms with Crippen molar-refractivity contribution < 1.29 is 14.6 Å². The maximum absolute atomic E-state index is 13.4. The van der Waals surface area contributed by atoms with Crippen LogP contribution in [0.2, 0.25) is 5.02 Å². The lowest BCUT2D eigenvalue weighted by atomic mass is 9.88. The van der Waals surface area contributed by atoms with Gasteiger partial charge in [0.05, 0.1) is 45.4 Å². The number of hydrogen-bond donors (Lipinski definition) is 1. The fourth-order valence-electron chi connectivity index (χ4n) is 5.06. The van der Waals surface area contributed by atoms with Crippen molar-refractivity contribution in [1.82, 2.24) is 19.7 Å². The average Bonchev–Trinajstić information content (AvgIpc) is 3.68. The fourth-order valence-corrected chi connectivity index (χ4v) is 5.34. The van der Waals surface area contributed by atoms with Gasteiger partial charge in [-0.15, -0.1) is 0 Å². The minimum atomic E-state index is -0.696. The molecule has 1 amide bonds. The summed E-state index contributed by atoms with van der Waals surface area (Å²) in [6.45, 7) is 20.1. The molecule has 41 heavy (non-hydrogen) atoms. The highest BCUT2D eigenvalue weighted by molar-refractivity contribution is 6.34. The molecule has 2 unspecified atom stereocenters. The maximum atomic E-state index is 13.4. The van der Waals surface area contributed by atoms with Gasteiger partial charge < -0.3 is 14.7 Å². The van der Waals surface area contributed by atoms with E-state index in [1.165, 1.54) is 4.90 Å². The van der Waals surface area contributed by atoms with Crippen LogP contribution in [-0.4, -0.2) is 54.7 Å². The van der Waals surface area contributed by atoms with E-state index in [1.54, 1.807) is 12.4 Å². The number of piperidine rings is 1. The molecule has 0 bridgehead atoms. The van der Waals surface area contributed by atoms with Crippen molar-refractivity contribution in [3.8, 4) is 0 Å². The Balaban J connectivity index is 0.00000111. The molecule has 0 radical (unpaired) electrons. The lowest BCUT2D eigenvalue weighted by molar-refractivity contribution is 0.0242. The first-order valence-corrected chi connectivity index (χ1v) is 15.2. The zero-order chi connectivity index (χ0) is 30.7. The Morgan fingerprint density at radius 2 is 1.83 bits per heavy atom. The molecule has 1 saturated carbocycles. The number of hydrogen-bond acceptors (Lipinski definition) is 7. The minimum Gasteiger partial charge on any atom is -0.443 e. The smallest absolute Gasteiger partial charge is 0.422 e. The predicted octanol–water partition coefficient (Wildman–Crippen LogP) is 7.99. The van der Waals surface area contributed by atoms with E-state index in [9.17, 15) is 9.90 Å². The van der Waals surface area contributed by atoms with Crippen LogP contribution in [0.25, 0.3) is 10.9 Å². The molecule has 5 rings (SSSR count). The summed E-state index contributed by atoms with van der Waals surface area (Å²) < 4.78 is 7.71. The molecule has 3 aromatic rings. The third-order valence-electron chi connectivity index (χ3n) is 7.03. The third-order valence-corrected chi connectivity index (χ3v) is 7.33. The molecule has 226 valence electrons. The molecule has 2 fully saturated rings. The van der Waals surface area contributed by atoms with Gasteiger partial charge in [0.1, 0.15) is 5.60 Å². The molecule has 3 heterocycles. The second kappa shape index (κ2) is 12.9. The van der Waals surface area contributed by atoms with Gasteiger partial charge in [0.15, 0.2) is 0 Å². The van der Waals surface area contributed by atoms with Gasteiger partial charge in [0.25, 0.3) is 0 Å². The highest BCUT2D eigenvalue weighted by Crippen LogP contribution is 2.40. The van der Waals surface area contributed by atoms with Gasteiger partial charge in [0.2, 0.25) is 5.95 Å². The number of aliphatic hydroxyl groups is 1. The summed E-state index contributed by atoms with van der Waals surface area (Å²) in [6.07, 6.45) is 6.25. The summed E-state index contributed by atoms with van der Waals surface area (Å²) in [4.78, 5) is 26.4. The second-order valence-electron chi connectivity index (χ2n) is 11.6. The molecule has 1 aliphatic heterocycles. The van der Waals surface area contributed by atoms with Crippen LogP contribution in [0.3, 0.4) is 0 Å². The van der Waals surface area contributed by atoms with Crippen LogP contribution in [0.5, 0.6) is 0 Å². The molecule has 1 N–H and O–H groups in total. The van der Waals surface area contributed by atoms with E-state index in [2.05, 4.69) is 21.9 Å². The van der Waals surface area contributed by atoms with E-state index < -0.39 is 17.3 Å². The number of aromatic nitrogens is 4. The number of rotatable bonds is 4. The van der Waals surface area contributed by atoms with Crippen molar-refractivity contribution >= 4 is 45.9 Å². The van der Waals surface area contributed by atoms with E-state index in [0.717, 1.165) is 29.6 Å². The monoisotopic (exact) mass is 586 g/mol. The normalized spacial score (nSPS) is 20.5. The number of benzene rings is 1. The summed E-state index contributed by atoms with van der Waals surface area (Å²) in [6, 6.07) is 4.26. The number of halogens is 1. The fraction of sp³-hybridized carbons (Fsp3) is 0.613. The number of carbonyl (C=O) groups excluding carboxylic acids is 1. The largest absolute Gasteiger partial charge is 0.443 e. The van der Waals surface area contributed by atoms with Crippen LogP contribution < -0.4 is 9.80 Å². The number of fused-ring (bicyclic) bond motifs is 1. The van der Waals surface area contributed by atoms with Gasteiger partial charge in [-0.1, -0.05) is 39.3 Å². The first-order chi connectivity index (χ1) is 19.3. The average molecular weight is 587 g/mol. The van der Waals surface area contributed by atoms with E-state index in [4.69, 9.17) is 21.3 Å². The van der Waals surface area contributed by atoms with Crippen molar-refractivity contribution in [3.05, 3.63) is 35.2 Å². The lowest BCUT2D eigenvalue weighted by Gasteiger charge is -2.42. The molecule has 2 aliphatic rings. The van der Waals surface area contributed by atoms with E-state index in [0.29, 0.717) is 41.7 Å². The molecule has 10 heteroatoms. The van der Waals surface area contributed by atoms with Crippen LogP contribution in [0.4, 0.5) is 22.1 Å². The summed E-state index contributed by atoms with van der Waals surface area (Å²) in [5.41, 5.74) is 1.59. The molecule has 1 saturated heterocycles. The molecular formula is C31H47ClN6O3. The van der Waals surface area contributed by atoms with Crippen molar-refractivity contribution in [2.45, 2.75) is 118 Å². The molecular weight excluding hydrogens is 540 g/mol. The summed E-state index contributed by atoms with van der Waals surface area (Å²) in [5, 5.41) is 16.4. The zero-order valence-electron chi connectivity index (χ0n) is 26.3. The second-order valence-corrected chi connectivity index (χ2v) is 12.0.